The molecule has 0 N–H and O–H groups in total. The zero-order chi connectivity index (χ0) is 4.28. The van der Waals surface area contributed by atoms with Gasteiger partial charge in [0.15, 0.2) is 0 Å². The van der Waals surface area contributed by atoms with E-state index in [9.17, 15) is 0 Å². The van der Waals surface area contributed by atoms with Crippen molar-refractivity contribution in [3.8, 4) is 0 Å². The molecule has 0 spiro atoms. The van der Waals surface area contributed by atoms with E-state index in [1.807, 2.05) is 13.8 Å². The van der Waals surface area contributed by atoms with Crippen LogP contribution in [0.1, 0.15) is 13.8 Å². The van der Waals surface area contributed by atoms with Gasteiger partial charge in [0.25, 0.3) is 0 Å². The fraction of sp³-hybridized carbons (Fsp3) is 1.00. The predicted molar refractivity (Wildman–Crippen MR) is 26.2 cm³/mol. The maximum absolute atomic E-state index is 4.84. The molecule has 0 amide bonds. The summed E-state index contributed by atoms with van der Waals surface area (Å²) in [4.78, 5) is 0. The number of hydrogen-bond acceptors (Lipinski definition) is 1. The Morgan fingerprint density at radius 1 is 1.00 bits per heavy atom. The molecule has 0 radical (unpaired) electrons. The van der Waals surface area contributed by atoms with Crippen molar-refractivity contribution in [2.45, 2.75) is 20.0 Å². The van der Waals surface area contributed by atoms with Crippen LogP contribution in [0, 0.1) is 0 Å². The molecule has 61 valence electrons. The van der Waals surface area contributed by atoms with Crippen molar-refractivity contribution in [2.24, 2.45) is 0 Å². The second kappa shape index (κ2) is 23.5. The van der Waals surface area contributed by atoms with Gasteiger partial charge in [-0.3, -0.25) is 18.8 Å². The molecule has 1 nitrogen and oxygen atoms in total. The first-order valence-corrected chi connectivity index (χ1v) is 2.60. The molecule has 0 aliphatic rings. The average molecular weight is 230 g/mol. The number of halogens is 4. The molecule has 0 heterocycles. The zero-order valence-corrected chi connectivity index (χ0v) is 7.58. The van der Waals surface area contributed by atoms with Crippen LogP contribution < -0.4 is 0 Å². The Balaban J connectivity index is -0.0000000133. The molecule has 0 aromatic carbocycles. The van der Waals surface area contributed by atoms with E-state index in [4.69, 9.17) is 2.81 Å². The third-order valence-corrected chi connectivity index (χ3v) is 1.39. The van der Waals surface area contributed by atoms with Gasteiger partial charge in [-0.1, -0.05) is 0 Å². The molecule has 0 aliphatic carbocycles. The second-order valence-electron chi connectivity index (χ2n) is 1.17. The predicted octanol–water partition coefficient (Wildman–Crippen LogP) is 1.48. The monoisotopic (exact) mass is 229 g/mol. The van der Waals surface area contributed by atoms with Gasteiger partial charge in [0.2, 0.25) is 0 Å². The summed E-state index contributed by atoms with van der Waals surface area (Å²) < 4.78 is 4.84. The van der Waals surface area contributed by atoms with Gasteiger partial charge in [0.05, 0.1) is 0 Å². The van der Waals surface area contributed by atoms with Gasteiger partial charge >= 0.3 is 47.9 Å². The summed E-state index contributed by atoms with van der Waals surface area (Å²) in [6.07, 6.45) is 0.424. The SMILES string of the molecule is CC(C)[O][Zr].F.F.F.F. The molecule has 0 bridgehead atoms. The third-order valence-electron chi connectivity index (χ3n) is 0.236. The van der Waals surface area contributed by atoms with Gasteiger partial charge in [0.1, 0.15) is 0 Å². The van der Waals surface area contributed by atoms with E-state index in [0.717, 1.165) is 25.2 Å². The molecular formula is C3H11F4OZr. The minimum atomic E-state index is 0. The molecule has 0 rings (SSSR count). The maximum atomic E-state index is 4.84. The molecule has 0 atom stereocenters. The Labute approximate surface area is 67.1 Å². The Bertz CT molecular complexity index is 29.8. The summed E-state index contributed by atoms with van der Waals surface area (Å²) in [7, 11) is 0. The van der Waals surface area contributed by atoms with Crippen molar-refractivity contribution < 1.29 is 46.8 Å². The molecule has 0 saturated heterocycles. The van der Waals surface area contributed by atoms with Gasteiger partial charge in [-0.15, -0.1) is 0 Å². The van der Waals surface area contributed by atoms with Crippen LogP contribution in [-0.4, -0.2) is 6.10 Å². The Morgan fingerprint density at radius 3 is 1.11 bits per heavy atom. The largest absolute Gasteiger partial charge is 0.269 e. The van der Waals surface area contributed by atoms with Gasteiger partial charge < -0.3 is 0 Å². The molecular weight excluding hydrogens is 219 g/mol. The van der Waals surface area contributed by atoms with Crippen LogP contribution in [-0.2, 0) is 28.0 Å². The molecule has 0 aromatic rings. The van der Waals surface area contributed by atoms with Crippen molar-refractivity contribution >= 4 is 0 Å². The van der Waals surface area contributed by atoms with Crippen molar-refractivity contribution in [3.63, 3.8) is 0 Å². The van der Waals surface area contributed by atoms with Crippen molar-refractivity contribution in [2.75, 3.05) is 0 Å². The van der Waals surface area contributed by atoms with Gasteiger partial charge in [-0.25, -0.2) is 0 Å². The van der Waals surface area contributed by atoms with Crippen LogP contribution in [0.25, 0.3) is 0 Å². The first kappa shape index (κ1) is 33.7. The number of rotatable bonds is 1. The third kappa shape index (κ3) is 56.1. The Kier molecular flexibility index (Phi) is 88.0. The van der Waals surface area contributed by atoms with Crippen LogP contribution in [0.3, 0.4) is 0 Å². The summed E-state index contributed by atoms with van der Waals surface area (Å²) in [5, 5.41) is 0. The fourth-order valence-electron chi connectivity index (χ4n) is 0. The maximum Gasteiger partial charge on any atom is -0.269 e. The molecule has 0 unspecified atom stereocenters. The average Bonchev–Trinajstić information content (AvgIpc) is 1.38. The van der Waals surface area contributed by atoms with Gasteiger partial charge in [-0.05, 0) is 0 Å². The molecule has 0 aromatic heterocycles. The van der Waals surface area contributed by atoms with E-state index < -0.39 is 0 Å². The van der Waals surface area contributed by atoms with Crippen LogP contribution >= 0.6 is 0 Å². The van der Waals surface area contributed by atoms with Crippen LogP contribution in [0.5, 0.6) is 0 Å². The van der Waals surface area contributed by atoms with E-state index >= 15 is 0 Å². The number of hydrogen-bond donors (Lipinski definition) is 0. The summed E-state index contributed by atoms with van der Waals surface area (Å²) in [5.74, 6) is 0. The molecule has 9 heavy (non-hydrogen) atoms. The van der Waals surface area contributed by atoms with Crippen LogP contribution in [0.2, 0.25) is 0 Å². The van der Waals surface area contributed by atoms with E-state index in [2.05, 4.69) is 0 Å². The second-order valence-corrected chi connectivity index (χ2v) is 1.75. The Morgan fingerprint density at radius 2 is 1.11 bits per heavy atom. The first-order chi connectivity index (χ1) is 2.27. The normalized spacial score (nSPS) is 5.11. The van der Waals surface area contributed by atoms with Gasteiger partial charge in [-0.2, -0.15) is 0 Å². The van der Waals surface area contributed by atoms with Crippen molar-refractivity contribution in [3.05, 3.63) is 0 Å². The summed E-state index contributed by atoms with van der Waals surface area (Å²) >= 11 is 1.16. The van der Waals surface area contributed by atoms with Crippen molar-refractivity contribution in [1.29, 1.82) is 0 Å². The topological polar surface area (TPSA) is 9.23 Å². The fourth-order valence-corrected chi connectivity index (χ4v) is 0. The molecule has 0 fully saturated rings. The zero-order valence-electron chi connectivity index (χ0n) is 5.12. The summed E-state index contributed by atoms with van der Waals surface area (Å²) in [6.45, 7) is 4.04. The van der Waals surface area contributed by atoms with E-state index in [1.54, 1.807) is 0 Å². The van der Waals surface area contributed by atoms with Crippen LogP contribution in [0.15, 0.2) is 0 Å². The smallest absolute Gasteiger partial charge is 0.269 e. The Hall–Kier alpha value is 0.563. The summed E-state index contributed by atoms with van der Waals surface area (Å²) in [6, 6.07) is 0. The van der Waals surface area contributed by atoms with E-state index in [1.165, 1.54) is 0 Å². The molecule has 0 saturated carbocycles. The van der Waals surface area contributed by atoms with E-state index in [-0.39, 0.29) is 18.8 Å². The quantitative estimate of drug-likeness (QED) is 0.620. The minimum absolute atomic E-state index is 0. The minimum Gasteiger partial charge on any atom is -0.269 e. The first-order valence-electron chi connectivity index (χ1n) is 1.59. The molecule has 0 aliphatic heterocycles. The van der Waals surface area contributed by atoms with Crippen molar-refractivity contribution in [1.82, 2.24) is 0 Å². The van der Waals surface area contributed by atoms with Crippen LogP contribution in [0.4, 0.5) is 18.8 Å². The van der Waals surface area contributed by atoms with Gasteiger partial charge in [0, 0.05) is 0 Å². The molecule has 6 heteroatoms. The summed E-state index contributed by atoms with van der Waals surface area (Å²) in [5.41, 5.74) is 0. The van der Waals surface area contributed by atoms with E-state index in [0.29, 0.717) is 6.10 Å². The standard InChI is InChI=1S/C3H7O.4FH.Zr/c1-3(2)4;;;;;/h3H,1-2H3;4*1H;/q-1;;;;;+1.